The molecular formula is C13H18ClNO2. The predicted octanol–water partition coefficient (Wildman–Crippen LogP) is 2.95. The van der Waals surface area contributed by atoms with Gasteiger partial charge in [-0.05, 0) is 43.1 Å². The van der Waals surface area contributed by atoms with E-state index in [2.05, 4.69) is 0 Å². The summed E-state index contributed by atoms with van der Waals surface area (Å²) in [5, 5.41) is 9.53. The molecule has 3 nitrogen and oxygen atoms in total. The lowest BCUT2D eigenvalue weighted by Crippen LogP contribution is -2.30. The van der Waals surface area contributed by atoms with E-state index in [0.717, 1.165) is 24.1 Å². The van der Waals surface area contributed by atoms with Crippen LogP contribution in [0, 0.1) is 6.92 Å². The lowest BCUT2D eigenvalue weighted by atomic mass is 10.1. The van der Waals surface area contributed by atoms with Crippen molar-refractivity contribution in [3.8, 4) is 0 Å². The van der Waals surface area contributed by atoms with Gasteiger partial charge in [0.2, 0.25) is 0 Å². The summed E-state index contributed by atoms with van der Waals surface area (Å²) in [5.74, 6) is -0.794. The first-order valence-electron chi connectivity index (χ1n) is 5.71. The molecule has 0 fully saturated rings. The minimum atomic E-state index is -0.794. The third-order valence-corrected chi connectivity index (χ3v) is 2.63. The van der Waals surface area contributed by atoms with Gasteiger partial charge in [-0.1, -0.05) is 24.6 Å². The van der Waals surface area contributed by atoms with E-state index in [1.54, 1.807) is 0 Å². The van der Waals surface area contributed by atoms with Gasteiger partial charge in [-0.25, -0.2) is 0 Å². The number of benzene rings is 1. The standard InChI is InChI=1S/C13H18ClNO2/c1-3-4-15(9-13(16)17)8-11-5-10(2)6-12(14)7-11/h5-7H,3-4,8-9H2,1-2H3,(H,16,17). The first kappa shape index (κ1) is 14.0. The summed E-state index contributed by atoms with van der Waals surface area (Å²) in [6, 6.07) is 5.82. The van der Waals surface area contributed by atoms with Crippen molar-refractivity contribution >= 4 is 17.6 Å². The molecule has 0 bridgehead atoms. The van der Waals surface area contributed by atoms with Crippen molar-refractivity contribution in [2.24, 2.45) is 0 Å². The van der Waals surface area contributed by atoms with Crippen LogP contribution in [-0.4, -0.2) is 29.1 Å². The molecule has 0 aliphatic heterocycles. The molecule has 1 aromatic carbocycles. The van der Waals surface area contributed by atoms with Crippen LogP contribution in [0.15, 0.2) is 18.2 Å². The molecular weight excluding hydrogens is 238 g/mol. The number of aliphatic carboxylic acids is 1. The Bertz CT molecular complexity index is 373. The van der Waals surface area contributed by atoms with Gasteiger partial charge >= 0.3 is 5.97 Å². The maximum absolute atomic E-state index is 10.7. The molecule has 1 aromatic rings. The molecule has 0 spiro atoms. The molecule has 1 N–H and O–H groups in total. The fourth-order valence-corrected chi connectivity index (χ4v) is 2.20. The molecule has 0 saturated carbocycles. The summed E-state index contributed by atoms with van der Waals surface area (Å²) < 4.78 is 0. The van der Waals surface area contributed by atoms with Crippen LogP contribution in [0.5, 0.6) is 0 Å². The molecule has 0 radical (unpaired) electrons. The normalized spacial score (nSPS) is 10.8. The zero-order chi connectivity index (χ0) is 12.8. The molecule has 0 heterocycles. The van der Waals surface area contributed by atoms with Gasteiger partial charge in [0, 0.05) is 11.6 Å². The first-order valence-corrected chi connectivity index (χ1v) is 6.09. The highest BCUT2D eigenvalue weighted by molar-refractivity contribution is 6.30. The third kappa shape index (κ3) is 5.20. The Morgan fingerprint density at radius 3 is 2.65 bits per heavy atom. The molecule has 17 heavy (non-hydrogen) atoms. The minimum Gasteiger partial charge on any atom is -0.480 e. The predicted molar refractivity (Wildman–Crippen MR) is 69.4 cm³/mol. The number of hydrogen-bond donors (Lipinski definition) is 1. The molecule has 1 rings (SSSR count). The SMILES string of the molecule is CCCN(CC(=O)O)Cc1cc(C)cc(Cl)c1. The molecule has 0 aliphatic rings. The maximum atomic E-state index is 10.7. The van der Waals surface area contributed by atoms with Gasteiger partial charge in [-0.3, -0.25) is 9.69 Å². The van der Waals surface area contributed by atoms with E-state index in [1.165, 1.54) is 0 Å². The Hall–Kier alpha value is -1.06. The maximum Gasteiger partial charge on any atom is 0.317 e. The van der Waals surface area contributed by atoms with Gasteiger partial charge in [0.05, 0.1) is 6.54 Å². The highest BCUT2D eigenvalue weighted by atomic mass is 35.5. The van der Waals surface area contributed by atoms with Crippen LogP contribution in [0.2, 0.25) is 5.02 Å². The van der Waals surface area contributed by atoms with E-state index in [9.17, 15) is 4.79 Å². The largest absolute Gasteiger partial charge is 0.480 e. The lowest BCUT2D eigenvalue weighted by Gasteiger charge is -2.19. The number of carboxylic acid groups (broad SMARTS) is 1. The summed E-state index contributed by atoms with van der Waals surface area (Å²) >= 11 is 5.98. The van der Waals surface area contributed by atoms with Crippen molar-refractivity contribution in [3.63, 3.8) is 0 Å². The number of carboxylic acids is 1. The van der Waals surface area contributed by atoms with Crippen molar-refractivity contribution in [1.29, 1.82) is 0 Å². The average Bonchev–Trinajstić information content (AvgIpc) is 2.14. The van der Waals surface area contributed by atoms with Crippen LogP contribution in [0.25, 0.3) is 0 Å². The number of rotatable bonds is 6. The second-order valence-electron chi connectivity index (χ2n) is 4.24. The Labute approximate surface area is 107 Å². The van der Waals surface area contributed by atoms with E-state index in [0.29, 0.717) is 11.6 Å². The lowest BCUT2D eigenvalue weighted by molar-refractivity contribution is -0.138. The van der Waals surface area contributed by atoms with Gasteiger partial charge in [-0.15, -0.1) is 0 Å². The van der Waals surface area contributed by atoms with Crippen LogP contribution in [-0.2, 0) is 11.3 Å². The number of nitrogens with zero attached hydrogens (tertiary/aromatic N) is 1. The van der Waals surface area contributed by atoms with Gasteiger partial charge in [-0.2, -0.15) is 0 Å². The number of carbonyl (C=O) groups is 1. The van der Waals surface area contributed by atoms with Crippen molar-refractivity contribution < 1.29 is 9.90 Å². The van der Waals surface area contributed by atoms with Gasteiger partial charge in [0.15, 0.2) is 0 Å². The number of aryl methyl sites for hydroxylation is 1. The molecule has 94 valence electrons. The zero-order valence-corrected chi connectivity index (χ0v) is 11.0. The number of halogens is 1. The van der Waals surface area contributed by atoms with Crippen LogP contribution >= 0.6 is 11.6 Å². The Morgan fingerprint density at radius 1 is 1.41 bits per heavy atom. The van der Waals surface area contributed by atoms with Crippen molar-refractivity contribution in [2.75, 3.05) is 13.1 Å². The highest BCUT2D eigenvalue weighted by Gasteiger charge is 2.09. The van der Waals surface area contributed by atoms with Crippen LogP contribution in [0.3, 0.4) is 0 Å². The molecule has 0 aliphatic carbocycles. The molecule has 0 unspecified atom stereocenters. The topological polar surface area (TPSA) is 40.5 Å². The Morgan fingerprint density at radius 2 is 2.12 bits per heavy atom. The second kappa shape index (κ2) is 6.62. The molecule has 0 amide bonds. The molecule has 4 heteroatoms. The summed E-state index contributed by atoms with van der Waals surface area (Å²) in [4.78, 5) is 12.7. The molecule has 0 aromatic heterocycles. The van der Waals surface area contributed by atoms with E-state index >= 15 is 0 Å². The van der Waals surface area contributed by atoms with E-state index in [1.807, 2.05) is 36.9 Å². The van der Waals surface area contributed by atoms with E-state index in [-0.39, 0.29) is 6.54 Å². The van der Waals surface area contributed by atoms with Crippen LogP contribution < -0.4 is 0 Å². The van der Waals surface area contributed by atoms with Gasteiger partial charge < -0.3 is 5.11 Å². The van der Waals surface area contributed by atoms with Gasteiger partial charge in [0.25, 0.3) is 0 Å². The van der Waals surface area contributed by atoms with Crippen LogP contribution in [0.1, 0.15) is 24.5 Å². The zero-order valence-electron chi connectivity index (χ0n) is 10.2. The van der Waals surface area contributed by atoms with Crippen molar-refractivity contribution in [3.05, 3.63) is 34.3 Å². The summed E-state index contributed by atoms with van der Waals surface area (Å²) in [5.41, 5.74) is 2.16. The molecule has 0 atom stereocenters. The monoisotopic (exact) mass is 255 g/mol. The quantitative estimate of drug-likeness (QED) is 0.850. The second-order valence-corrected chi connectivity index (χ2v) is 4.68. The summed E-state index contributed by atoms with van der Waals surface area (Å²) in [6.45, 7) is 5.49. The fraction of sp³-hybridized carbons (Fsp3) is 0.462. The van der Waals surface area contributed by atoms with Crippen LogP contribution in [0.4, 0.5) is 0 Å². The minimum absolute atomic E-state index is 0.0689. The van der Waals surface area contributed by atoms with Crippen molar-refractivity contribution in [2.45, 2.75) is 26.8 Å². The highest BCUT2D eigenvalue weighted by Crippen LogP contribution is 2.16. The summed E-state index contributed by atoms with van der Waals surface area (Å²) in [6.07, 6.45) is 0.937. The Kier molecular flexibility index (Phi) is 5.45. The van der Waals surface area contributed by atoms with E-state index < -0.39 is 5.97 Å². The number of hydrogen-bond acceptors (Lipinski definition) is 2. The van der Waals surface area contributed by atoms with E-state index in [4.69, 9.17) is 16.7 Å². The molecule has 0 saturated heterocycles. The first-order chi connectivity index (χ1) is 8.01. The smallest absolute Gasteiger partial charge is 0.317 e. The fourth-order valence-electron chi connectivity index (χ4n) is 1.88. The van der Waals surface area contributed by atoms with Gasteiger partial charge in [0.1, 0.15) is 0 Å². The third-order valence-electron chi connectivity index (χ3n) is 2.41. The van der Waals surface area contributed by atoms with Crippen molar-refractivity contribution in [1.82, 2.24) is 4.90 Å². The Balaban J connectivity index is 2.74. The summed E-state index contributed by atoms with van der Waals surface area (Å²) in [7, 11) is 0. The average molecular weight is 256 g/mol.